The van der Waals surface area contributed by atoms with Crippen molar-refractivity contribution >= 4 is 5.88 Å². The molecule has 0 saturated heterocycles. The van der Waals surface area contributed by atoms with Gasteiger partial charge in [-0.2, -0.15) is 0 Å². The molecular formula is C13H18N2O3. The van der Waals surface area contributed by atoms with Gasteiger partial charge < -0.3 is 9.73 Å². The fourth-order valence-electron chi connectivity index (χ4n) is 2.34. The maximum Gasteiger partial charge on any atom is 0.433 e. The number of likely N-dealkylation sites (N-methyl/N-ethyl adjacent to an activating group) is 1. The fourth-order valence-corrected chi connectivity index (χ4v) is 2.34. The molecule has 18 heavy (non-hydrogen) atoms. The van der Waals surface area contributed by atoms with Gasteiger partial charge in [0.15, 0.2) is 0 Å². The van der Waals surface area contributed by atoms with Crippen molar-refractivity contribution in [1.29, 1.82) is 0 Å². The molecule has 1 N–H and O–H groups in total. The summed E-state index contributed by atoms with van der Waals surface area (Å²) in [6, 6.07) is 3.09. The molecule has 1 atom stereocenters. The lowest BCUT2D eigenvalue weighted by Gasteiger charge is -2.22. The van der Waals surface area contributed by atoms with Crippen molar-refractivity contribution in [3.63, 3.8) is 0 Å². The van der Waals surface area contributed by atoms with E-state index in [-0.39, 0.29) is 11.9 Å². The zero-order chi connectivity index (χ0) is 13.0. The van der Waals surface area contributed by atoms with Crippen molar-refractivity contribution in [1.82, 2.24) is 5.32 Å². The van der Waals surface area contributed by atoms with Crippen LogP contribution in [-0.2, 0) is 0 Å². The van der Waals surface area contributed by atoms with Crippen LogP contribution in [0.1, 0.15) is 44.4 Å². The Balaban J connectivity index is 2.22. The highest BCUT2D eigenvalue weighted by molar-refractivity contribution is 5.27. The Hall–Kier alpha value is -1.62. The monoisotopic (exact) mass is 250 g/mol. The zero-order valence-corrected chi connectivity index (χ0v) is 10.5. The summed E-state index contributed by atoms with van der Waals surface area (Å²) in [6.07, 6.45) is 6.74. The molecule has 0 bridgehead atoms. The summed E-state index contributed by atoms with van der Waals surface area (Å²) in [5, 5.41) is 14.0. The van der Waals surface area contributed by atoms with Crippen LogP contribution in [0.3, 0.4) is 0 Å². The highest BCUT2D eigenvalue weighted by Gasteiger charge is 2.23. The third-order valence-electron chi connectivity index (χ3n) is 3.18. The maximum atomic E-state index is 10.6. The Morgan fingerprint density at radius 1 is 1.50 bits per heavy atom. The zero-order valence-electron chi connectivity index (χ0n) is 10.5. The Morgan fingerprint density at radius 3 is 2.89 bits per heavy atom. The van der Waals surface area contributed by atoms with Crippen LogP contribution in [-0.4, -0.2) is 11.5 Å². The third-order valence-corrected chi connectivity index (χ3v) is 3.18. The average Bonchev–Trinajstić information content (AvgIpc) is 2.86. The minimum absolute atomic E-state index is 0.0241. The van der Waals surface area contributed by atoms with E-state index in [1.54, 1.807) is 6.07 Å². The highest BCUT2D eigenvalue weighted by atomic mass is 16.6. The number of nitrogens with one attached hydrogen (secondary N) is 1. The molecule has 1 aliphatic rings. The molecule has 1 unspecified atom stereocenters. The molecule has 2 rings (SSSR count). The largest absolute Gasteiger partial charge is 0.433 e. The fraction of sp³-hybridized carbons (Fsp3) is 0.538. The number of allylic oxidation sites excluding steroid dienone is 1. The van der Waals surface area contributed by atoms with Gasteiger partial charge >= 0.3 is 5.88 Å². The summed E-state index contributed by atoms with van der Waals surface area (Å²) in [4.78, 5) is 10.1. The molecule has 1 aromatic heterocycles. The predicted molar refractivity (Wildman–Crippen MR) is 68.3 cm³/mol. The molecule has 5 heteroatoms. The van der Waals surface area contributed by atoms with Crippen molar-refractivity contribution in [3.8, 4) is 0 Å². The van der Waals surface area contributed by atoms with Crippen molar-refractivity contribution in [2.45, 2.75) is 38.6 Å². The Bertz CT molecular complexity index is 451. The lowest BCUT2D eigenvalue weighted by atomic mass is 9.92. The number of furan rings is 1. The molecule has 0 aromatic carbocycles. The average molecular weight is 250 g/mol. The van der Waals surface area contributed by atoms with Gasteiger partial charge in [-0.25, -0.2) is 0 Å². The predicted octanol–water partition coefficient (Wildman–Crippen LogP) is 3.34. The third kappa shape index (κ3) is 2.79. The minimum atomic E-state index is -0.498. The molecule has 0 saturated carbocycles. The van der Waals surface area contributed by atoms with Crippen LogP contribution in [0.25, 0.3) is 0 Å². The summed E-state index contributed by atoms with van der Waals surface area (Å²) < 4.78 is 5.31. The van der Waals surface area contributed by atoms with E-state index >= 15 is 0 Å². The van der Waals surface area contributed by atoms with Crippen LogP contribution in [0.15, 0.2) is 28.2 Å². The second-order valence-electron chi connectivity index (χ2n) is 4.45. The lowest BCUT2D eigenvalue weighted by Crippen LogP contribution is -2.23. The lowest BCUT2D eigenvalue weighted by molar-refractivity contribution is -0.402. The van der Waals surface area contributed by atoms with Crippen LogP contribution in [0.5, 0.6) is 0 Å². The molecule has 1 heterocycles. The molecule has 0 fully saturated rings. The summed E-state index contributed by atoms with van der Waals surface area (Å²) in [5.41, 5.74) is 1.28. The van der Waals surface area contributed by atoms with Crippen LogP contribution in [0, 0.1) is 10.1 Å². The summed E-state index contributed by atoms with van der Waals surface area (Å²) in [6.45, 7) is 2.82. The summed E-state index contributed by atoms with van der Waals surface area (Å²) >= 11 is 0. The Kier molecular flexibility index (Phi) is 4.15. The Labute approximate surface area is 106 Å². The number of hydrogen-bond donors (Lipinski definition) is 1. The summed E-state index contributed by atoms with van der Waals surface area (Å²) in [5.74, 6) is 0.445. The van der Waals surface area contributed by atoms with E-state index in [1.165, 1.54) is 24.5 Å². The molecule has 5 nitrogen and oxygen atoms in total. The van der Waals surface area contributed by atoms with Crippen molar-refractivity contribution < 1.29 is 9.34 Å². The standard InChI is InChI=1S/C13H18N2O3/c1-2-14-13(10-6-4-3-5-7-10)11-8-9-12(18-11)15(16)17/h6,8-9,13-14H,2-5,7H2,1H3. The van der Waals surface area contributed by atoms with Gasteiger partial charge in [-0.1, -0.05) is 13.0 Å². The minimum Gasteiger partial charge on any atom is -0.404 e. The van der Waals surface area contributed by atoms with Crippen molar-refractivity contribution in [3.05, 3.63) is 39.7 Å². The van der Waals surface area contributed by atoms with E-state index in [1.807, 2.05) is 6.92 Å². The van der Waals surface area contributed by atoms with Gasteiger partial charge in [-0.15, -0.1) is 0 Å². The maximum absolute atomic E-state index is 10.6. The second kappa shape index (κ2) is 5.82. The van der Waals surface area contributed by atoms with Gasteiger partial charge in [0.05, 0.1) is 12.1 Å². The first-order valence-electron chi connectivity index (χ1n) is 6.38. The normalized spacial score (nSPS) is 17.3. The van der Waals surface area contributed by atoms with Crippen LogP contribution < -0.4 is 5.32 Å². The van der Waals surface area contributed by atoms with E-state index in [2.05, 4.69) is 11.4 Å². The molecule has 0 spiro atoms. The van der Waals surface area contributed by atoms with Gasteiger partial charge in [-0.05, 0) is 43.9 Å². The van der Waals surface area contributed by atoms with Crippen LogP contribution >= 0.6 is 0 Å². The molecule has 0 amide bonds. The van der Waals surface area contributed by atoms with Gasteiger partial charge in [0.1, 0.15) is 10.7 Å². The van der Waals surface area contributed by atoms with Gasteiger partial charge in [0, 0.05) is 0 Å². The van der Waals surface area contributed by atoms with Gasteiger partial charge in [-0.3, -0.25) is 10.1 Å². The number of nitrogens with zero attached hydrogens (tertiary/aromatic N) is 1. The first-order chi connectivity index (χ1) is 8.72. The second-order valence-corrected chi connectivity index (χ2v) is 4.45. The smallest absolute Gasteiger partial charge is 0.404 e. The Morgan fingerprint density at radius 2 is 2.33 bits per heavy atom. The molecular weight excluding hydrogens is 232 g/mol. The molecule has 1 aromatic rings. The van der Waals surface area contributed by atoms with E-state index < -0.39 is 4.92 Å². The van der Waals surface area contributed by atoms with Crippen molar-refractivity contribution in [2.75, 3.05) is 6.54 Å². The van der Waals surface area contributed by atoms with Gasteiger partial charge in [0.2, 0.25) is 0 Å². The van der Waals surface area contributed by atoms with Crippen LogP contribution in [0.4, 0.5) is 5.88 Å². The SMILES string of the molecule is CCNC(C1=CCCCC1)c1ccc([N+](=O)[O-])o1. The number of rotatable bonds is 5. The first kappa shape index (κ1) is 12.8. The topological polar surface area (TPSA) is 68.3 Å². The van der Waals surface area contributed by atoms with Gasteiger partial charge in [0.25, 0.3) is 0 Å². The van der Waals surface area contributed by atoms with Crippen LogP contribution in [0.2, 0.25) is 0 Å². The molecule has 98 valence electrons. The van der Waals surface area contributed by atoms with E-state index in [0.717, 1.165) is 19.4 Å². The first-order valence-corrected chi connectivity index (χ1v) is 6.38. The molecule has 0 aliphatic heterocycles. The molecule has 0 radical (unpaired) electrons. The van der Waals surface area contributed by atoms with Crippen molar-refractivity contribution in [2.24, 2.45) is 0 Å². The van der Waals surface area contributed by atoms with E-state index in [0.29, 0.717) is 5.76 Å². The number of hydrogen-bond acceptors (Lipinski definition) is 4. The number of nitro groups is 1. The van der Waals surface area contributed by atoms with E-state index in [4.69, 9.17) is 4.42 Å². The quantitative estimate of drug-likeness (QED) is 0.494. The highest BCUT2D eigenvalue weighted by Crippen LogP contribution is 2.32. The molecule has 1 aliphatic carbocycles. The van der Waals surface area contributed by atoms with E-state index in [9.17, 15) is 10.1 Å². The summed E-state index contributed by atoms with van der Waals surface area (Å²) in [7, 11) is 0.